The van der Waals surface area contributed by atoms with Crippen LogP contribution in [0.2, 0.25) is 0 Å². The lowest BCUT2D eigenvalue weighted by Crippen LogP contribution is -2.18. The van der Waals surface area contributed by atoms with Gasteiger partial charge in [-0.05, 0) is 0 Å². The van der Waals surface area contributed by atoms with Crippen LogP contribution in [0, 0.1) is 5.92 Å². The van der Waals surface area contributed by atoms with E-state index in [-0.39, 0.29) is 35.2 Å². The molecule has 0 aromatic rings. The van der Waals surface area contributed by atoms with Crippen molar-refractivity contribution in [1.82, 2.24) is 0 Å². The van der Waals surface area contributed by atoms with E-state index < -0.39 is 0 Å². The first kappa shape index (κ1) is 11.0. The van der Waals surface area contributed by atoms with Crippen LogP contribution in [0.15, 0.2) is 0 Å². The third kappa shape index (κ3) is 4.27. The molecule has 0 aliphatic rings. The van der Waals surface area contributed by atoms with Crippen molar-refractivity contribution < 1.29 is 4.79 Å². The number of carbonyl (C=O) groups excluding carboxylic acids is 1. The highest BCUT2D eigenvalue weighted by Crippen LogP contribution is 1.89. The van der Waals surface area contributed by atoms with Gasteiger partial charge in [-0.3, -0.25) is 4.79 Å². The normalized spacial score (nSPS) is 8.50. The molecule has 0 aliphatic heterocycles. The largest absolute Gasteiger partial charge is 0.324 e. The lowest BCUT2D eigenvalue weighted by atomic mass is 10.1. The van der Waals surface area contributed by atoms with E-state index in [0.29, 0.717) is 0 Å². The molecule has 0 saturated carbocycles. The Morgan fingerprint density at radius 2 is 2.00 bits per heavy atom. The molecule has 2 nitrogen and oxygen atoms in total. The van der Waals surface area contributed by atoms with Crippen molar-refractivity contribution in [3.8, 4) is 0 Å². The molecule has 0 aromatic carbocycles. The molecule has 0 aromatic heterocycles. The fraction of sp³-hybridized carbons (Fsp3) is 0.800. The number of nitrogens with two attached hydrogens (primary N) is 1. The smallest absolute Gasteiger partial charge is 0.148 e. The van der Waals surface area contributed by atoms with E-state index in [1.807, 2.05) is 13.8 Å². The van der Waals surface area contributed by atoms with Gasteiger partial charge in [0.2, 0.25) is 0 Å². The van der Waals surface area contributed by atoms with Crippen molar-refractivity contribution >= 4 is 22.8 Å². The van der Waals surface area contributed by atoms with Gasteiger partial charge in [0.05, 0.1) is 6.54 Å². The fourth-order valence-corrected chi connectivity index (χ4v) is 0.236. The third-order valence-corrected chi connectivity index (χ3v) is 0.845. The summed E-state index contributed by atoms with van der Waals surface area (Å²) in [6.45, 7) is 3.86. The van der Waals surface area contributed by atoms with Crippen LogP contribution in [0.25, 0.3) is 0 Å². The Hall–Kier alpha value is 0.110. The second-order valence-electron chi connectivity index (χ2n) is 1.83. The Balaban J connectivity index is 0. The summed E-state index contributed by atoms with van der Waals surface area (Å²) < 4.78 is 0. The summed E-state index contributed by atoms with van der Waals surface area (Å²) in [5.41, 5.74) is 5.02. The highest BCUT2D eigenvalue weighted by molar-refractivity contribution is 8.93. The van der Waals surface area contributed by atoms with Crippen LogP contribution in [0.1, 0.15) is 13.8 Å². The average Bonchev–Trinajstić information content (AvgIpc) is 1.65. The number of hydrogen-bond acceptors (Lipinski definition) is 2. The van der Waals surface area contributed by atoms with E-state index in [0.717, 1.165) is 0 Å². The Kier molecular flexibility index (Phi) is 7.21. The first-order chi connectivity index (χ1) is 3.18. The van der Waals surface area contributed by atoms with Crippen LogP contribution in [-0.2, 0) is 4.79 Å². The minimum atomic E-state index is 0. The topological polar surface area (TPSA) is 43.1 Å². The van der Waals surface area contributed by atoms with E-state index in [9.17, 15) is 4.79 Å². The SMILES string of the molecule is Br.CC(C)C(=O)CN. The van der Waals surface area contributed by atoms with Gasteiger partial charge in [-0.25, -0.2) is 0 Å². The standard InChI is InChI=1S/C5H11NO.BrH/c1-4(2)5(7)3-6;/h4H,3,6H2,1-2H3;1H. The number of hydrogen-bond donors (Lipinski definition) is 1. The average molecular weight is 182 g/mol. The maximum Gasteiger partial charge on any atom is 0.148 e. The number of carbonyl (C=O) groups is 1. The van der Waals surface area contributed by atoms with Crippen molar-refractivity contribution in [2.24, 2.45) is 11.7 Å². The quantitative estimate of drug-likeness (QED) is 0.684. The van der Waals surface area contributed by atoms with E-state index in [1.165, 1.54) is 0 Å². The molecule has 0 fully saturated rings. The van der Waals surface area contributed by atoms with Crippen molar-refractivity contribution in [3.05, 3.63) is 0 Å². The molecule has 0 rings (SSSR count). The molecule has 0 heterocycles. The van der Waals surface area contributed by atoms with Crippen LogP contribution in [-0.4, -0.2) is 12.3 Å². The highest BCUT2D eigenvalue weighted by Gasteiger charge is 2.01. The Labute approximate surface area is 60.2 Å². The number of Topliss-reactive ketones (excluding diaryl/α,β-unsaturated/α-hetero) is 1. The summed E-state index contributed by atoms with van der Waals surface area (Å²) in [7, 11) is 0. The van der Waals surface area contributed by atoms with E-state index >= 15 is 0 Å². The van der Waals surface area contributed by atoms with Gasteiger partial charge in [-0.1, -0.05) is 13.8 Å². The van der Waals surface area contributed by atoms with Gasteiger partial charge in [0.1, 0.15) is 5.78 Å². The van der Waals surface area contributed by atoms with Crippen LogP contribution < -0.4 is 5.73 Å². The highest BCUT2D eigenvalue weighted by atomic mass is 79.9. The first-order valence-corrected chi connectivity index (χ1v) is 2.41. The Morgan fingerprint density at radius 3 is 2.00 bits per heavy atom. The zero-order valence-electron chi connectivity index (χ0n) is 5.18. The van der Waals surface area contributed by atoms with Gasteiger partial charge >= 0.3 is 0 Å². The third-order valence-electron chi connectivity index (χ3n) is 0.845. The number of ketones is 1. The molecule has 0 amide bonds. The molecular weight excluding hydrogens is 170 g/mol. The van der Waals surface area contributed by atoms with Crippen molar-refractivity contribution in [3.63, 3.8) is 0 Å². The molecule has 0 radical (unpaired) electrons. The lowest BCUT2D eigenvalue weighted by molar-refractivity contribution is -0.120. The molecule has 0 unspecified atom stereocenters. The van der Waals surface area contributed by atoms with Crippen molar-refractivity contribution in [2.75, 3.05) is 6.54 Å². The molecule has 8 heavy (non-hydrogen) atoms. The van der Waals surface area contributed by atoms with Gasteiger partial charge in [-0.15, -0.1) is 17.0 Å². The molecule has 0 saturated heterocycles. The molecule has 0 atom stereocenters. The predicted octanol–water partition coefficient (Wildman–Crippen LogP) is 0.748. The zero-order chi connectivity index (χ0) is 5.86. The van der Waals surface area contributed by atoms with Gasteiger partial charge < -0.3 is 5.73 Å². The van der Waals surface area contributed by atoms with Crippen LogP contribution >= 0.6 is 17.0 Å². The van der Waals surface area contributed by atoms with Crippen molar-refractivity contribution in [2.45, 2.75) is 13.8 Å². The minimum absolute atomic E-state index is 0. The van der Waals surface area contributed by atoms with Crippen LogP contribution in [0.4, 0.5) is 0 Å². The molecule has 0 aliphatic carbocycles. The van der Waals surface area contributed by atoms with E-state index in [1.54, 1.807) is 0 Å². The number of halogens is 1. The molecule has 0 bridgehead atoms. The minimum Gasteiger partial charge on any atom is -0.324 e. The summed E-state index contributed by atoms with van der Waals surface area (Å²) >= 11 is 0. The summed E-state index contributed by atoms with van der Waals surface area (Å²) in [5, 5.41) is 0. The molecule has 3 heteroatoms. The summed E-state index contributed by atoms with van der Waals surface area (Å²) in [4.78, 5) is 10.4. The monoisotopic (exact) mass is 181 g/mol. The van der Waals surface area contributed by atoms with Gasteiger partial charge in [0.15, 0.2) is 0 Å². The fourth-order valence-electron chi connectivity index (χ4n) is 0.236. The van der Waals surface area contributed by atoms with E-state index in [2.05, 4.69) is 0 Å². The summed E-state index contributed by atoms with van der Waals surface area (Å²) in [6.07, 6.45) is 0. The van der Waals surface area contributed by atoms with Gasteiger partial charge in [0, 0.05) is 5.92 Å². The van der Waals surface area contributed by atoms with Crippen LogP contribution in [0.5, 0.6) is 0 Å². The molecule has 2 N–H and O–H groups in total. The zero-order valence-corrected chi connectivity index (χ0v) is 6.89. The summed E-state index contributed by atoms with van der Waals surface area (Å²) in [6, 6.07) is 0. The van der Waals surface area contributed by atoms with E-state index in [4.69, 9.17) is 5.73 Å². The molecule has 50 valence electrons. The Bertz CT molecular complexity index is 72.8. The lowest BCUT2D eigenvalue weighted by Gasteiger charge is -1.96. The second-order valence-corrected chi connectivity index (χ2v) is 1.83. The first-order valence-electron chi connectivity index (χ1n) is 2.41. The molecular formula is C5H12BrNO. The van der Waals surface area contributed by atoms with Crippen molar-refractivity contribution in [1.29, 1.82) is 0 Å². The number of rotatable bonds is 2. The maximum atomic E-state index is 10.4. The molecule has 0 spiro atoms. The Morgan fingerprint density at radius 1 is 1.62 bits per heavy atom. The summed E-state index contributed by atoms with van der Waals surface area (Å²) in [5.74, 6) is 0.227. The van der Waals surface area contributed by atoms with Crippen LogP contribution in [0.3, 0.4) is 0 Å². The van der Waals surface area contributed by atoms with Gasteiger partial charge in [0.25, 0.3) is 0 Å². The van der Waals surface area contributed by atoms with Gasteiger partial charge in [-0.2, -0.15) is 0 Å². The predicted molar refractivity (Wildman–Crippen MR) is 39.2 cm³/mol. The maximum absolute atomic E-state index is 10.4. The second kappa shape index (κ2) is 5.25.